The molecule has 2 rings (SSSR count). The van der Waals surface area contributed by atoms with Gasteiger partial charge in [-0.1, -0.05) is 0 Å². The Hall–Kier alpha value is -2.48. The minimum atomic E-state index is -2.88. The lowest BCUT2D eigenvalue weighted by Gasteiger charge is -2.47. The lowest BCUT2D eigenvalue weighted by atomic mass is 9.88. The molecule has 2 amide bonds. The molecule has 266 valence electrons. The summed E-state index contributed by atoms with van der Waals surface area (Å²) in [5.41, 5.74) is 0. The summed E-state index contributed by atoms with van der Waals surface area (Å²) in [5, 5.41) is 117. The number of nitrogens with one attached hydrogen (secondary N) is 2. The molecular weight excluding hydrogens is 632 g/mol. The molecule has 0 aliphatic carbocycles. The second kappa shape index (κ2) is 17.1. The first kappa shape index (κ1) is 39.7. The van der Waals surface area contributed by atoms with E-state index in [0.717, 1.165) is 13.8 Å². The van der Waals surface area contributed by atoms with E-state index in [0.29, 0.717) is 0 Å². The molecule has 46 heavy (non-hydrogen) atoms. The number of aliphatic hydroxyl groups is 10. The Morgan fingerprint density at radius 2 is 1.57 bits per heavy atom. The van der Waals surface area contributed by atoms with Gasteiger partial charge in [0.1, 0.15) is 73.4 Å². The highest BCUT2D eigenvalue weighted by molar-refractivity contribution is 5.77. The third-order valence-corrected chi connectivity index (χ3v) is 7.41. The number of carboxylic acids is 1. The molecule has 0 bridgehead atoms. The molecule has 0 aromatic carbocycles. The summed E-state index contributed by atoms with van der Waals surface area (Å²) in [6.45, 7) is -1.09. The fraction of sp³-hybridized carbons (Fsp3) is 0.840. The topological polar surface area (TPSA) is 352 Å². The standard InChI is InChI=1S/C25H42N2O19/c1-8(31)26-10(4-28)16(36)21(13(35)6-30)45-23-20(40)19(39)18(38)14(44-23)7-43-25(24(41)42)3-11(33)15(27-9(2)32)22(46-25)17(37)12(34)5-29/h4,10-23,29-30,33-40H,3,5-7H2,1-2H3,(H,26,31)(H,27,32)(H,41,42)/t10-,11-,12+,13+,14+,15+,16+,17+,18-,19-,20+,21+,22+,23-,25+/m0/s1. The van der Waals surface area contributed by atoms with Crippen LogP contribution in [0.3, 0.4) is 0 Å². The Labute approximate surface area is 260 Å². The molecule has 2 aliphatic heterocycles. The molecule has 0 spiro atoms. The van der Waals surface area contributed by atoms with Gasteiger partial charge in [-0.05, 0) is 0 Å². The van der Waals surface area contributed by atoms with Crippen molar-refractivity contribution in [2.24, 2.45) is 0 Å². The third kappa shape index (κ3) is 9.32. The average Bonchev–Trinajstić information content (AvgIpc) is 3.00. The van der Waals surface area contributed by atoms with E-state index in [4.69, 9.17) is 18.9 Å². The maximum absolute atomic E-state index is 12.4. The monoisotopic (exact) mass is 674 g/mol. The van der Waals surface area contributed by atoms with E-state index in [1.165, 1.54) is 0 Å². The summed E-state index contributed by atoms with van der Waals surface area (Å²) in [6.07, 6.45) is -24.7. The molecule has 2 heterocycles. The first-order valence-electron chi connectivity index (χ1n) is 14.0. The van der Waals surface area contributed by atoms with Gasteiger partial charge in [-0.2, -0.15) is 0 Å². The van der Waals surface area contributed by atoms with E-state index >= 15 is 0 Å². The molecule has 15 atom stereocenters. The fourth-order valence-corrected chi connectivity index (χ4v) is 4.96. The van der Waals surface area contributed by atoms with Gasteiger partial charge in [-0.3, -0.25) is 9.59 Å². The second-order valence-corrected chi connectivity index (χ2v) is 10.9. The largest absolute Gasteiger partial charge is 0.477 e. The molecule has 13 N–H and O–H groups in total. The number of aliphatic hydroxyl groups excluding tert-OH is 10. The summed E-state index contributed by atoms with van der Waals surface area (Å²) in [7, 11) is 0. The lowest BCUT2D eigenvalue weighted by molar-refractivity contribution is -0.348. The number of carbonyl (C=O) groups is 4. The Morgan fingerprint density at radius 1 is 0.957 bits per heavy atom. The van der Waals surface area contributed by atoms with Crippen molar-refractivity contribution in [3.05, 3.63) is 0 Å². The highest BCUT2D eigenvalue weighted by Gasteiger charge is 2.57. The van der Waals surface area contributed by atoms with E-state index in [9.17, 15) is 75.3 Å². The van der Waals surface area contributed by atoms with Crippen LogP contribution in [0.1, 0.15) is 20.3 Å². The summed E-state index contributed by atoms with van der Waals surface area (Å²) >= 11 is 0. The summed E-state index contributed by atoms with van der Waals surface area (Å²) in [4.78, 5) is 47.0. The molecule has 2 aliphatic rings. The van der Waals surface area contributed by atoms with Crippen molar-refractivity contribution in [1.82, 2.24) is 10.6 Å². The number of amides is 2. The van der Waals surface area contributed by atoms with Crippen LogP contribution in [0.4, 0.5) is 0 Å². The zero-order valence-corrected chi connectivity index (χ0v) is 24.7. The van der Waals surface area contributed by atoms with Gasteiger partial charge in [0.2, 0.25) is 11.8 Å². The normalized spacial score (nSPS) is 35.6. The number of carbonyl (C=O) groups excluding carboxylic acids is 3. The van der Waals surface area contributed by atoms with Crippen molar-refractivity contribution >= 4 is 24.1 Å². The smallest absolute Gasteiger partial charge is 0.364 e. The average molecular weight is 675 g/mol. The Balaban J connectivity index is 2.35. The zero-order valence-electron chi connectivity index (χ0n) is 24.7. The Bertz CT molecular complexity index is 1040. The lowest BCUT2D eigenvalue weighted by Crippen LogP contribution is -2.68. The number of hydrogen-bond acceptors (Lipinski definition) is 18. The van der Waals surface area contributed by atoms with E-state index < -0.39 is 135 Å². The minimum Gasteiger partial charge on any atom is -0.477 e. The highest BCUT2D eigenvalue weighted by Crippen LogP contribution is 2.35. The summed E-state index contributed by atoms with van der Waals surface area (Å²) < 4.78 is 21.6. The third-order valence-electron chi connectivity index (χ3n) is 7.41. The van der Waals surface area contributed by atoms with Crippen molar-refractivity contribution in [1.29, 1.82) is 0 Å². The number of ether oxygens (including phenoxy) is 4. The van der Waals surface area contributed by atoms with Crippen molar-refractivity contribution in [2.75, 3.05) is 19.8 Å². The molecule has 0 saturated carbocycles. The van der Waals surface area contributed by atoms with E-state index in [1.54, 1.807) is 0 Å². The highest BCUT2D eigenvalue weighted by atomic mass is 16.7. The maximum atomic E-state index is 12.4. The summed E-state index contributed by atoms with van der Waals surface area (Å²) in [5.74, 6) is -6.30. The van der Waals surface area contributed by atoms with Crippen LogP contribution < -0.4 is 10.6 Å². The van der Waals surface area contributed by atoms with Crippen LogP contribution in [0.15, 0.2) is 0 Å². The molecule has 0 aromatic heterocycles. The SMILES string of the molecule is CC(=O)N[C@H]1[C@H]([C@H](O)[C@H](O)CO)O[C@@](OC[C@H]2O[C@@H](O[C@@H]([C@H](O)[C@H](C=O)NC(C)=O)[C@H](O)CO)[C@H](O)[C@@H](O)[C@H]2O)(C(=O)O)C[C@@H]1O. The van der Waals surface area contributed by atoms with Crippen LogP contribution in [0.5, 0.6) is 0 Å². The van der Waals surface area contributed by atoms with Crippen LogP contribution >= 0.6 is 0 Å². The van der Waals surface area contributed by atoms with Gasteiger partial charge < -0.3 is 90.5 Å². The van der Waals surface area contributed by atoms with Crippen molar-refractivity contribution in [2.45, 2.75) is 112 Å². The number of hydrogen-bond donors (Lipinski definition) is 13. The number of rotatable bonds is 16. The Morgan fingerprint density at radius 3 is 2.07 bits per heavy atom. The van der Waals surface area contributed by atoms with Gasteiger partial charge in [0.25, 0.3) is 5.79 Å². The number of aliphatic carboxylic acids is 1. The van der Waals surface area contributed by atoms with Gasteiger partial charge in [0.15, 0.2) is 6.29 Å². The van der Waals surface area contributed by atoms with Crippen LogP contribution in [0.2, 0.25) is 0 Å². The van der Waals surface area contributed by atoms with Gasteiger partial charge in [-0.25, -0.2) is 4.79 Å². The van der Waals surface area contributed by atoms with Crippen LogP contribution in [0.25, 0.3) is 0 Å². The van der Waals surface area contributed by atoms with Gasteiger partial charge in [-0.15, -0.1) is 0 Å². The van der Waals surface area contributed by atoms with Gasteiger partial charge >= 0.3 is 5.97 Å². The summed E-state index contributed by atoms with van der Waals surface area (Å²) in [6, 6.07) is -3.21. The molecule has 0 radical (unpaired) electrons. The molecule has 2 fully saturated rings. The second-order valence-electron chi connectivity index (χ2n) is 10.9. The molecule has 21 nitrogen and oxygen atoms in total. The van der Waals surface area contributed by atoms with Crippen LogP contribution in [0, 0.1) is 0 Å². The predicted molar refractivity (Wildman–Crippen MR) is 143 cm³/mol. The van der Waals surface area contributed by atoms with Crippen molar-refractivity contribution in [3.8, 4) is 0 Å². The quantitative estimate of drug-likeness (QED) is 0.0676. The minimum absolute atomic E-state index is 0.0874. The van der Waals surface area contributed by atoms with E-state index in [1.807, 2.05) is 0 Å². The molecule has 0 aromatic rings. The van der Waals surface area contributed by atoms with Gasteiger partial charge in [0, 0.05) is 20.3 Å². The van der Waals surface area contributed by atoms with Crippen molar-refractivity contribution < 1.29 is 94.3 Å². The number of aldehydes is 1. The first-order valence-corrected chi connectivity index (χ1v) is 14.0. The zero-order chi connectivity index (χ0) is 35.1. The van der Waals surface area contributed by atoms with Crippen LogP contribution in [-0.2, 0) is 38.1 Å². The van der Waals surface area contributed by atoms with E-state index in [2.05, 4.69) is 10.6 Å². The molecule has 2 saturated heterocycles. The van der Waals surface area contributed by atoms with Crippen molar-refractivity contribution in [3.63, 3.8) is 0 Å². The molecule has 0 unspecified atom stereocenters. The first-order chi connectivity index (χ1) is 21.4. The number of carboxylic acid groups (broad SMARTS) is 1. The maximum Gasteiger partial charge on any atom is 0.364 e. The Kier molecular flexibility index (Phi) is 14.7. The van der Waals surface area contributed by atoms with Gasteiger partial charge in [0.05, 0.1) is 32.0 Å². The predicted octanol–water partition coefficient (Wildman–Crippen LogP) is -8.24. The van der Waals surface area contributed by atoms with E-state index in [-0.39, 0.29) is 6.29 Å². The molecular formula is C25H42N2O19. The molecule has 21 heteroatoms. The fourth-order valence-electron chi connectivity index (χ4n) is 4.96. The van der Waals surface area contributed by atoms with Crippen LogP contribution in [-0.4, -0.2) is 191 Å².